The molecule has 2 aliphatic heterocycles. The first-order valence-corrected chi connectivity index (χ1v) is 21.4. The van der Waals surface area contributed by atoms with Gasteiger partial charge in [0.05, 0.1) is 29.1 Å². The number of carbonyl (C=O) groups excluding carboxylic acids is 2. The first-order chi connectivity index (χ1) is 29.0. The number of hydrogen-bond donors (Lipinski definition) is 1. The van der Waals surface area contributed by atoms with Crippen LogP contribution in [-0.2, 0) is 21.3 Å². The van der Waals surface area contributed by atoms with Crippen molar-refractivity contribution < 1.29 is 27.7 Å². The van der Waals surface area contributed by atoms with Gasteiger partial charge in [0, 0.05) is 83.8 Å². The standard InChI is InChI=1S/C45H49N7O7S/c1-47(45(54)48(2)43(35-13-7-4-8-14-35)33-50-27-29-59-30-28-50)41-22-21-39(31-42(41)52(55)56)60(57,58)46-44(53)36-17-19-38(20-18-36)51-25-23-49(24-26-51)32-37-15-9-10-16-40(37)34-11-5-3-6-12-34/h3-22,31,43H,23-30,32-33H2,1-2H3,(H,46,53). The van der Waals surface area contributed by atoms with E-state index < -0.39 is 37.5 Å². The van der Waals surface area contributed by atoms with Gasteiger partial charge < -0.3 is 14.5 Å². The average molecular weight is 832 g/mol. The van der Waals surface area contributed by atoms with Gasteiger partial charge >= 0.3 is 6.03 Å². The third-order valence-electron chi connectivity index (χ3n) is 11.2. The SMILES string of the molecule is CN(C(=O)N(C)C(CN1CCOCC1)c1ccccc1)c1ccc(S(=O)(=O)NC(=O)c2ccc(N3CCN(Cc4ccccc4-c4ccccc4)CC3)cc2)cc1[N+](=O)[O-]. The molecule has 2 saturated heterocycles. The number of nitro groups is 1. The number of nitrogens with zero attached hydrogens (tertiary/aromatic N) is 6. The van der Waals surface area contributed by atoms with Gasteiger partial charge in [-0.15, -0.1) is 0 Å². The third kappa shape index (κ3) is 9.83. The number of hydrogen-bond acceptors (Lipinski definition) is 10. The second-order valence-corrected chi connectivity index (χ2v) is 16.6. The maximum atomic E-state index is 13.9. The maximum Gasteiger partial charge on any atom is 0.324 e. The first-order valence-electron chi connectivity index (χ1n) is 19.9. The highest BCUT2D eigenvalue weighted by atomic mass is 32.2. The van der Waals surface area contributed by atoms with E-state index in [0.29, 0.717) is 32.8 Å². The van der Waals surface area contributed by atoms with Crippen LogP contribution in [0.5, 0.6) is 0 Å². The van der Waals surface area contributed by atoms with E-state index in [1.165, 1.54) is 34.7 Å². The molecule has 0 bridgehead atoms. The quantitative estimate of drug-likeness (QED) is 0.106. The summed E-state index contributed by atoms with van der Waals surface area (Å²) >= 11 is 0. The summed E-state index contributed by atoms with van der Waals surface area (Å²) in [4.78, 5) is 47.8. The number of carbonyl (C=O) groups is 2. The minimum Gasteiger partial charge on any atom is -0.379 e. The molecule has 1 atom stereocenters. The molecule has 3 amide bonds. The van der Waals surface area contributed by atoms with Gasteiger partial charge in [0.1, 0.15) is 5.69 Å². The minimum atomic E-state index is -4.54. The van der Waals surface area contributed by atoms with Crippen molar-refractivity contribution in [3.63, 3.8) is 0 Å². The zero-order valence-electron chi connectivity index (χ0n) is 33.7. The molecule has 0 saturated carbocycles. The molecule has 1 unspecified atom stereocenters. The molecule has 5 aromatic carbocycles. The summed E-state index contributed by atoms with van der Waals surface area (Å²) in [5.74, 6) is -0.878. The van der Waals surface area contributed by atoms with E-state index in [9.17, 15) is 28.1 Å². The van der Waals surface area contributed by atoms with E-state index in [1.54, 1.807) is 31.3 Å². The molecule has 2 heterocycles. The normalized spacial score (nSPS) is 15.5. The molecule has 60 heavy (non-hydrogen) atoms. The third-order valence-corrected chi connectivity index (χ3v) is 12.5. The Balaban J connectivity index is 0.981. The molecule has 14 nitrogen and oxygen atoms in total. The monoisotopic (exact) mass is 831 g/mol. The number of rotatable bonds is 13. The number of ether oxygens (including phenoxy) is 1. The molecule has 312 valence electrons. The Morgan fingerprint density at radius 3 is 2.08 bits per heavy atom. The lowest BCUT2D eigenvalue weighted by Crippen LogP contribution is -2.47. The summed E-state index contributed by atoms with van der Waals surface area (Å²) in [6.07, 6.45) is 0. The first kappa shape index (κ1) is 42.0. The van der Waals surface area contributed by atoms with E-state index in [1.807, 2.05) is 53.3 Å². The summed E-state index contributed by atoms with van der Waals surface area (Å²) in [7, 11) is -1.50. The van der Waals surface area contributed by atoms with Crippen LogP contribution in [0.25, 0.3) is 11.1 Å². The Hall–Kier alpha value is -6.13. The van der Waals surface area contributed by atoms with Crippen molar-refractivity contribution >= 4 is 39.0 Å². The molecule has 0 aliphatic carbocycles. The zero-order valence-corrected chi connectivity index (χ0v) is 34.5. The van der Waals surface area contributed by atoms with Gasteiger partial charge in [0.25, 0.3) is 21.6 Å². The van der Waals surface area contributed by atoms with Gasteiger partial charge in [-0.05, 0) is 58.7 Å². The number of nitro benzene ring substituents is 1. The van der Waals surface area contributed by atoms with Crippen LogP contribution in [-0.4, -0.2) is 113 Å². The molecule has 2 fully saturated rings. The van der Waals surface area contributed by atoms with Crippen LogP contribution in [0.4, 0.5) is 21.9 Å². The van der Waals surface area contributed by atoms with Crippen LogP contribution < -0.4 is 14.5 Å². The maximum absolute atomic E-state index is 13.9. The largest absolute Gasteiger partial charge is 0.379 e. The van der Waals surface area contributed by atoms with E-state index in [4.69, 9.17) is 4.74 Å². The van der Waals surface area contributed by atoms with Gasteiger partial charge in [-0.25, -0.2) is 17.9 Å². The van der Waals surface area contributed by atoms with E-state index in [0.717, 1.165) is 61.0 Å². The van der Waals surface area contributed by atoms with Crippen LogP contribution in [0.3, 0.4) is 0 Å². The van der Waals surface area contributed by atoms with Crippen LogP contribution in [0.1, 0.15) is 27.5 Å². The molecule has 5 aromatic rings. The van der Waals surface area contributed by atoms with E-state index >= 15 is 0 Å². The molecule has 0 spiro atoms. The smallest absolute Gasteiger partial charge is 0.324 e. The Bertz CT molecular complexity index is 2390. The number of nitrogens with one attached hydrogen (secondary N) is 1. The van der Waals surface area contributed by atoms with Crippen molar-refractivity contribution in [3.8, 4) is 11.1 Å². The fraction of sp³-hybridized carbons (Fsp3) is 0.289. The lowest BCUT2D eigenvalue weighted by atomic mass is 9.99. The van der Waals surface area contributed by atoms with Crippen LogP contribution >= 0.6 is 0 Å². The number of amides is 3. The fourth-order valence-electron chi connectivity index (χ4n) is 7.75. The van der Waals surface area contributed by atoms with E-state index in [-0.39, 0.29) is 17.3 Å². The Morgan fingerprint density at radius 1 is 0.783 bits per heavy atom. The minimum absolute atomic E-state index is 0.103. The predicted molar refractivity (Wildman–Crippen MR) is 232 cm³/mol. The molecule has 7 rings (SSSR count). The Labute approximate surface area is 350 Å². The van der Waals surface area contributed by atoms with Crippen molar-refractivity contribution in [2.24, 2.45) is 0 Å². The van der Waals surface area contributed by atoms with Crippen molar-refractivity contribution in [1.29, 1.82) is 0 Å². The molecule has 2 aliphatic rings. The summed E-state index contributed by atoms with van der Waals surface area (Å²) < 4.78 is 34.5. The molecule has 0 aromatic heterocycles. The van der Waals surface area contributed by atoms with E-state index in [2.05, 4.69) is 51.1 Å². The second-order valence-electron chi connectivity index (χ2n) is 15.0. The second kappa shape index (κ2) is 18.8. The number of morpholine rings is 1. The van der Waals surface area contributed by atoms with Crippen molar-refractivity contribution in [2.75, 3.05) is 82.9 Å². The Kier molecular flexibility index (Phi) is 13.2. The Morgan fingerprint density at radius 2 is 1.42 bits per heavy atom. The predicted octanol–water partition coefficient (Wildman–Crippen LogP) is 6.26. The number of likely N-dealkylation sites (N-methyl/N-ethyl adjacent to an activating group) is 1. The summed E-state index contributed by atoms with van der Waals surface area (Å²) in [6, 6.07) is 37.3. The highest BCUT2D eigenvalue weighted by molar-refractivity contribution is 7.90. The molecule has 0 radical (unpaired) electrons. The topological polar surface area (TPSA) is 149 Å². The van der Waals surface area contributed by atoms with Gasteiger partial charge in [-0.1, -0.05) is 84.9 Å². The highest BCUT2D eigenvalue weighted by Crippen LogP contribution is 2.33. The molecule has 15 heteroatoms. The van der Waals surface area contributed by atoms with Gasteiger partial charge in [0.15, 0.2) is 0 Å². The van der Waals surface area contributed by atoms with Crippen LogP contribution in [0.2, 0.25) is 0 Å². The number of benzene rings is 5. The average Bonchev–Trinajstić information content (AvgIpc) is 3.28. The molecular formula is C45H49N7O7S. The number of anilines is 2. The number of urea groups is 1. The molecular weight excluding hydrogens is 783 g/mol. The van der Waals surface area contributed by atoms with Crippen LogP contribution in [0.15, 0.2) is 132 Å². The highest BCUT2D eigenvalue weighted by Gasteiger charge is 2.32. The number of piperazine rings is 1. The van der Waals surface area contributed by atoms with Gasteiger partial charge in [-0.2, -0.15) is 0 Å². The summed E-state index contributed by atoms with van der Waals surface area (Å²) in [5, 5.41) is 12.3. The van der Waals surface area contributed by atoms with Crippen molar-refractivity contribution in [3.05, 3.63) is 154 Å². The van der Waals surface area contributed by atoms with Crippen molar-refractivity contribution in [2.45, 2.75) is 17.5 Å². The molecule has 1 N–H and O–H groups in total. The van der Waals surface area contributed by atoms with Crippen molar-refractivity contribution in [1.82, 2.24) is 19.4 Å². The zero-order chi connectivity index (χ0) is 42.2. The summed E-state index contributed by atoms with van der Waals surface area (Å²) in [6.45, 7) is 7.17. The lowest BCUT2D eigenvalue weighted by molar-refractivity contribution is -0.384. The summed E-state index contributed by atoms with van der Waals surface area (Å²) in [5.41, 5.74) is 4.89. The lowest BCUT2D eigenvalue weighted by Gasteiger charge is -2.36. The number of sulfonamides is 1. The van der Waals surface area contributed by atoms with Crippen LogP contribution in [0, 0.1) is 10.1 Å². The fourth-order valence-corrected chi connectivity index (χ4v) is 8.75. The van der Waals surface area contributed by atoms with Gasteiger partial charge in [0.2, 0.25) is 0 Å². The van der Waals surface area contributed by atoms with Gasteiger partial charge in [-0.3, -0.25) is 29.6 Å².